The third-order valence-corrected chi connectivity index (χ3v) is 5.71. The molecule has 1 aliphatic heterocycles. The molecule has 1 atom stereocenters. The lowest BCUT2D eigenvalue weighted by atomic mass is 9.93. The monoisotopic (exact) mass is 383 g/mol. The molecule has 0 radical (unpaired) electrons. The van der Waals surface area contributed by atoms with Gasteiger partial charge in [-0.2, -0.15) is 0 Å². The predicted molar refractivity (Wildman–Crippen MR) is 111 cm³/mol. The van der Waals surface area contributed by atoms with Gasteiger partial charge >= 0.3 is 5.97 Å². The third-order valence-electron chi connectivity index (χ3n) is 5.71. The lowest BCUT2D eigenvalue weighted by Crippen LogP contribution is -2.44. The zero-order chi connectivity index (χ0) is 17.9. The van der Waals surface area contributed by atoms with Gasteiger partial charge in [-0.25, -0.2) is 0 Å². The molecule has 0 bridgehead atoms. The van der Waals surface area contributed by atoms with E-state index in [0.717, 1.165) is 38.6 Å². The highest BCUT2D eigenvalue weighted by Gasteiger charge is 2.28. The first-order valence-corrected chi connectivity index (χ1v) is 9.57. The highest BCUT2D eigenvalue weighted by molar-refractivity contribution is 5.85. The number of hydrogen-bond donors (Lipinski definition) is 1. The second-order valence-corrected chi connectivity index (χ2v) is 7.28. The van der Waals surface area contributed by atoms with Crippen LogP contribution in [0.15, 0.2) is 54.6 Å². The number of rotatable bonds is 3. The maximum atomic E-state index is 11.6. The molecular weight excluding hydrogens is 358 g/mol. The number of hydrogen-bond acceptors (Lipinski definition) is 2. The number of fused-ring (bicyclic) bond motifs is 2. The van der Waals surface area contributed by atoms with Crippen molar-refractivity contribution in [1.82, 2.24) is 4.90 Å². The van der Waals surface area contributed by atoms with E-state index in [2.05, 4.69) is 59.5 Å². The van der Waals surface area contributed by atoms with E-state index in [0.29, 0.717) is 6.54 Å². The van der Waals surface area contributed by atoms with Crippen molar-refractivity contribution in [2.75, 3.05) is 13.1 Å². The summed E-state index contributed by atoms with van der Waals surface area (Å²) < 4.78 is 0. The summed E-state index contributed by atoms with van der Waals surface area (Å²) in [5.41, 5.74) is 6.60. The van der Waals surface area contributed by atoms with E-state index in [1.807, 2.05) is 0 Å². The van der Waals surface area contributed by atoms with Gasteiger partial charge in [0.2, 0.25) is 0 Å². The number of benzene rings is 2. The summed E-state index contributed by atoms with van der Waals surface area (Å²) >= 11 is 0. The normalized spacial score (nSPS) is 19.3. The van der Waals surface area contributed by atoms with Crippen molar-refractivity contribution in [2.45, 2.75) is 38.1 Å². The second-order valence-electron chi connectivity index (χ2n) is 7.28. The molecule has 0 amide bonds. The molecule has 2 aromatic carbocycles. The standard InChI is InChI=1S/C23H25NO2.ClH/c25-23(26)22-11-5-6-15-24(22)16-14-21-19-9-3-1-7-17(19)12-13-18-8-2-4-10-20(18)21;/h1-4,7-10,14,22H,5-6,11-13,15-16H2,(H,25,26);1H/t22-;/m1./s1. The molecule has 0 aromatic heterocycles. The Balaban J connectivity index is 0.00000210. The summed E-state index contributed by atoms with van der Waals surface area (Å²) in [6.45, 7) is 1.55. The third kappa shape index (κ3) is 4.10. The fourth-order valence-corrected chi connectivity index (χ4v) is 4.33. The molecule has 4 heteroatoms. The van der Waals surface area contributed by atoms with Crippen LogP contribution in [0.3, 0.4) is 0 Å². The van der Waals surface area contributed by atoms with Gasteiger partial charge in [-0.3, -0.25) is 9.69 Å². The van der Waals surface area contributed by atoms with Gasteiger partial charge in [0.05, 0.1) is 0 Å². The number of aryl methyl sites for hydroxylation is 2. The minimum atomic E-state index is -0.690. The molecule has 142 valence electrons. The Morgan fingerprint density at radius 2 is 1.59 bits per heavy atom. The number of carbonyl (C=O) groups is 1. The molecule has 0 unspecified atom stereocenters. The summed E-state index contributed by atoms with van der Waals surface area (Å²) in [5.74, 6) is -0.690. The van der Waals surface area contributed by atoms with Crippen LogP contribution in [0, 0.1) is 0 Å². The maximum Gasteiger partial charge on any atom is 0.320 e. The van der Waals surface area contributed by atoms with E-state index in [9.17, 15) is 9.90 Å². The molecule has 27 heavy (non-hydrogen) atoms. The fraction of sp³-hybridized carbons (Fsp3) is 0.348. The Bertz CT molecular complexity index is 796. The Kier molecular flexibility index (Phi) is 6.35. The van der Waals surface area contributed by atoms with E-state index < -0.39 is 5.97 Å². The Hall–Kier alpha value is -2.10. The van der Waals surface area contributed by atoms with Crippen LogP contribution in [0.1, 0.15) is 41.5 Å². The van der Waals surface area contributed by atoms with Gasteiger partial charge < -0.3 is 5.11 Å². The average Bonchev–Trinajstić information content (AvgIpc) is 2.83. The molecule has 4 rings (SSSR count). The highest BCUT2D eigenvalue weighted by atomic mass is 35.5. The van der Waals surface area contributed by atoms with Crippen LogP contribution in [-0.4, -0.2) is 35.1 Å². The first-order chi connectivity index (χ1) is 12.7. The van der Waals surface area contributed by atoms with Gasteiger partial charge in [0.25, 0.3) is 0 Å². The van der Waals surface area contributed by atoms with Crippen LogP contribution in [-0.2, 0) is 17.6 Å². The Morgan fingerprint density at radius 3 is 2.19 bits per heavy atom. The maximum absolute atomic E-state index is 11.6. The largest absolute Gasteiger partial charge is 0.480 e. The molecule has 0 spiro atoms. The van der Waals surface area contributed by atoms with Gasteiger partial charge in [-0.05, 0) is 60.1 Å². The number of carboxylic acid groups (broad SMARTS) is 1. The summed E-state index contributed by atoms with van der Waals surface area (Å²) in [5, 5.41) is 9.54. The van der Waals surface area contributed by atoms with E-state index in [1.54, 1.807) is 0 Å². The van der Waals surface area contributed by atoms with E-state index in [-0.39, 0.29) is 18.4 Å². The van der Waals surface area contributed by atoms with Crippen LogP contribution in [0.2, 0.25) is 0 Å². The van der Waals surface area contributed by atoms with Gasteiger partial charge in [-0.15, -0.1) is 12.4 Å². The van der Waals surface area contributed by atoms with Crippen molar-refractivity contribution in [3.8, 4) is 0 Å². The molecular formula is C23H26ClNO2. The number of halogens is 1. The summed E-state index contributed by atoms with van der Waals surface area (Å²) in [4.78, 5) is 13.7. The number of carboxylic acids is 1. The lowest BCUT2D eigenvalue weighted by Gasteiger charge is -2.32. The van der Waals surface area contributed by atoms with E-state index in [4.69, 9.17) is 0 Å². The molecule has 3 nitrogen and oxygen atoms in total. The van der Waals surface area contributed by atoms with E-state index in [1.165, 1.54) is 27.8 Å². The van der Waals surface area contributed by atoms with Crippen molar-refractivity contribution in [1.29, 1.82) is 0 Å². The number of nitrogens with zero attached hydrogens (tertiary/aromatic N) is 1. The molecule has 1 N–H and O–H groups in total. The summed E-state index contributed by atoms with van der Waals surface area (Å²) in [6, 6.07) is 16.9. The smallest absolute Gasteiger partial charge is 0.320 e. The SMILES string of the molecule is Cl.O=C(O)[C@H]1CCCCN1CC=C1c2ccccc2CCc2ccccc21. The molecule has 1 fully saturated rings. The Morgan fingerprint density at radius 1 is 1.00 bits per heavy atom. The van der Waals surface area contributed by atoms with Crippen molar-refractivity contribution in [3.05, 3.63) is 76.9 Å². The van der Waals surface area contributed by atoms with Crippen molar-refractivity contribution >= 4 is 23.9 Å². The van der Waals surface area contributed by atoms with Gasteiger partial charge in [0, 0.05) is 6.54 Å². The first kappa shape index (κ1) is 19.7. The molecule has 1 heterocycles. The van der Waals surface area contributed by atoms with Crippen LogP contribution in [0.25, 0.3) is 5.57 Å². The summed E-state index contributed by atoms with van der Waals surface area (Å²) in [7, 11) is 0. The van der Waals surface area contributed by atoms with Crippen LogP contribution < -0.4 is 0 Å². The summed E-state index contributed by atoms with van der Waals surface area (Å²) in [6.07, 6.45) is 7.20. The molecule has 1 saturated heterocycles. The first-order valence-electron chi connectivity index (χ1n) is 9.57. The highest BCUT2D eigenvalue weighted by Crippen LogP contribution is 2.33. The zero-order valence-electron chi connectivity index (χ0n) is 15.4. The van der Waals surface area contributed by atoms with Crippen LogP contribution in [0.4, 0.5) is 0 Å². The number of likely N-dealkylation sites (tertiary alicyclic amines) is 1. The van der Waals surface area contributed by atoms with Crippen molar-refractivity contribution < 1.29 is 9.90 Å². The Labute approximate surface area is 167 Å². The number of piperidine rings is 1. The molecule has 2 aromatic rings. The average molecular weight is 384 g/mol. The fourth-order valence-electron chi connectivity index (χ4n) is 4.33. The topological polar surface area (TPSA) is 40.5 Å². The van der Waals surface area contributed by atoms with Crippen molar-refractivity contribution in [2.24, 2.45) is 0 Å². The van der Waals surface area contributed by atoms with Crippen LogP contribution in [0.5, 0.6) is 0 Å². The molecule has 2 aliphatic rings. The lowest BCUT2D eigenvalue weighted by molar-refractivity contribution is -0.144. The minimum absolute atomic E-state index is 0. The van der Waals surface area contributed by atoms with E-state index >= 15 is 0 Å². The van der Waals surface area contributed by atoms with Gasteiger partial charge in [0.1, 0.15) is 6.04 Å². The second kappa shape index (κ2) is 8.73. The predicted octanol–water partition coefficient (Wildman–Crippen LogP) is 4.58. The van der Waals surface area contributed by atoms with Gasteiger partial charge in [-0.1, -0.05) is 61.0 Å². The minimum Gasteiger partial charge on any atom is -0.480 e. The molecule has 0 saturated carbocycles. The zero-order valence-corrected chi connectivity index (χ0v) is 16.3. The number of aliphatic carboxylic acids is 1. The molecule has 1 aliphatic carbocycles. The quantitative estimate of drug-likeness (QED) is 0.843. The van der Waals surface area contributed by atoms with Gasteiger partial charge in [0.15, 0.2) is 0 Å². The van der Waals surface area contributed by atoms with Crippen LogP contribution >= 0.6 is 12.4 Å². The van der Waals surface area contributed by atoms with Crippen molar-refractivity contribution in [3.63, 3.8) is 0 Å².